The standard InChI is InChI=1S/C23H18ClN3O4/c1-13-11-15(14(2)26(13)17-7-9-19(28)10-8-17)12-20-21(29)25-23(31)27(22(20)30)18-5-3-16(24)4-6-18/h3-12,28H,1-2H3,(H,25,29,31)/b20-12+. The number of anilines is 1. The van der Waals surface area contributed by atoms with Crippen LogP contribution in [0, 0.1) is 13.8 Å². The molecule has 0 unspecified atom stereocenters. The third-order valence-corrected chi connectivity index (χ3v) is 5.32. The van der Waals surface area contributed by atoms with E-state index in [0.717, 1.165) is 22.0 Å². The summed E-state index contributed by atoms with van der Waals surface area (Å²) in [6.07, 6.45) is 1.48. The van der Waals surface area contributed by atoms with Crippen molar-refractivity contribution in [1.82, 2.24) is 9.88 Å². The molecule has 0 radical (unpaired) electrons. The number of hydrogen-bond donors (Lipinski definition) is 2. The van der Waals surface area contributed by atoms with Crippen LogP contribution in [0.15, 0.2) is 60.2 Å². The molecule has 156 valence electrons. The Bertz CT molecular complexity index is 1240. The van der Waals surface area contributed by atoms with Crippen LogP contribution in [0.1, 0.15) is 17.0 Å². The van der Waals surface area contributed by atoms with Crippen LogP contribution in [0.5, 0.6) is 5.75 Å². The van der Waals surface area contributed by atoms with Crippen molar-refractivity contribution in [3.05, 3.63) is 82.1 Å². The molecule has 1 fully saturated rings. The summed E-state index contributed by atoms with van der Waals surface area (Å²) < 4.78 is 1.94. The molecule has 4 rings (SSSR count). The number of benzene rings is 2. The molecule has 1 saturated heterocycles. The van der Waals surface area contributed by atoms with E-state index in [1.54, 1.807) is 36.4 Å². The van der Waals surface area contributed by atoms with E-state index < -0.39 is 17.8 Å². The topological polar surface area (TPSA) is 91.6 Å². The third-order valence-electron chi connectivity index (χ3n) is 5.06. The Morgan fingerprint density at radius 3 is 2.19 bits per heavy atom. The highest BCUT2D eigenvalue weighted by Gasteiger charge is 2.37. The van der Waals surface area contributed by atoms with Crippen LogP contribution in [-0.2, 0) is 9.59 Å². The first-order valence-electron chi connectivity index (χ1n) is 9.41. The van der Waals surface area contributed by atoms with Gasteiger partial charge in [-0.15, -0.1) is 0 Å². The predicted octanol–water partition coefficient (Wildman–Crippen LogP) is 4.12. The first-order valence-corrected chi connectivity index (χ1v) is 9.79. The van der Waals surface area contributed by atoms with Gasteiger partial charge in [0.25, 0.3) is 11.8 Å². The van der Waals surface area contributed by atoms with Crippen LogP contribution in [0.3, 0.4) is 0 Å². The number of barbiturate groups is 1. The van der Waals surface area contributed by atoms with E-state index in [0.29, 0.717) is 16.3 Å². The van der Waals surface area contributed by atoms with Gasteiger partial charge in [0.15, 0.2) is 0 Å². The van der Waals surface area contributed by atoms with Gasteiger partial charge in [0.05, 0.1) is 5.69 Å². The second-order valence-electron chi connectivity index (χ2n) is 7.11. The summed E-state index contributed by atoms with van der Waals surface area (Å²) in [6, 6.07) is 13.9. The molecule has 0 spiro atoms. The number of carbonyl (C=O) groups excluding carboxylic acids is 3. The lowest BCUT2D eigenvalue weighted by Gasteiger charge is -2.26. The highest BCUT2D eigenvalue weighted by molar-refractivity contribution is 6.39. The second kappa shape index (κ2) is 7.77. The number of aromatic hydroxyl groups is 1. The summed E-state index contributed by atoms with van der Waals surface area (Å²) in [4.78, 5) is 38.7. The van der Waals surface area contributed by atoms with Crippen LogP contribution >= 0.6 is 11.6 Å². The van der Waals surface area contributed by atoms with Crippen molar-refractivity contribution in [2.45, 2.75) is 13.8 Å². The number of amides is 4. The van der Waals surface area contributed by atoms with Crippen LogP contribution < -0.4 is 10.2 Å². The number of urea groups is 1. The Labute approximate surface area is 183 Å². The smallest absolute Gasteiger partial charge is 0.335 e. The van der Waals surface area contributed by atoms with Gasteiger partial charge in [-0.1, -0.05) is 11.6 Å². The van der Waals surface area contributed by atoms with Gasteiger partial charge in [-0.3, -0.25) is 14.9 Å². The molecule has 2 N–H and O–H groups in total. The number of hydrogen-bond acceptors (Lipinski definition) is 4. The Balaban J connectivity index is 1.75. The fourth-order valence-corrected chi connectivity index (χ4v) is 3.70. The zero-order valence-electron chi connectivity index (χ0n) is 16.7. The maximum Gasteiger partial charge on any atom is 0.335 e. The van der Waals surface area contributed by atoms with Crippen LogP contribution in [-0.4, -0.2) is 27.5 Å². The molecule has 0 bridgehead atoms. The summed E-state index contributed by atoms with van der Waals surface area (Å²) in [5, 5.41) is 12.2. The van der Waals surface area contributed by atoms with Crippen molar-refractivity contribution in [3.63, 3.8) is 0 Å². The number of phenols is 1. The summed E-state index contributed by atoms with van der Waals surface area (Å²) in [6.45, 7) is 3.76. The number of rotatable bonds is 3. The molecule has 7 nitrogen and oxygen atoms in total. The molecule has 1 aliphatic heterocycles. The predicted molar refractivity (Wildman–Crippen MR) is 117 cm³/mol. The normalized spacial score (nSPS) is 15.5. The van der Waals surface area contributed by atoms with E-state index in [2.05, 4.69) is 5.32 Å². The molecule has 1 aromatic heterocycles. The number of aromatic nitrogens is 1. The zero-order chi connectivity index (χ0) is 22.3. The lowest BCUT2D eigenvalue weighted by Crippen LogP contribution is -2.54. The SMILES string of the molecule is Cc1cc(/C=C2\C(=O)NC(=O)N(c3ccc(Cl)cc3)C2=O)c(C)n1-c1ccc(O)cc1. The zero-order valence-corrected chi connectivity index (χ0v) is 17.5. The summed E-state index contributed by atoms with van der Waals surface area (Å²) in [5.41, 5.74) is 3.32. The highest BCUT2D eigenvalue weighted by Crippen LogP contribution is 2.27. The maximum atomic E-state index is 13.1. The Kier molecular flexibility index (Phi) is 5.12. The van der Waals surface area contributed by atoms with Crippen molar-refractivity contribution in [2.75, 3.05) is 4.90 Å². The van der Waals surface area contributed by atoms with E-state index >= 15 is 0 Å². The van der Waals surface area contributed by atoms with Crippen molar-refractivity contribution in [3.8, 4) is 11.4 Å². The molecular formula is C23H18ClN3O4. The Hall–Kier alpha value is -3.84. The van der Waals surface area contributed by atoms with E-state index in [1.165, 1.54) is 18.2 Å². The van der Waals surface area contributed by atoms with Crippen molar-refractivity contribution >= 4 is 41.2 Å². The average molecular weight is 436 g/mol. The molecule has 2 aromatic carbocycles. The molecule has 2 heterocycles. The molecule has 4 amide bonds. The van der Waals surface area contributed by atoms with Gasteiger partial charge in [-0.25, -0.2) is 9.69 Å². The summed E-state index contributed by atoms with van der Waals surface area (Å²) >= 11 is 5.89. The lowest BCUT2D eigenvalue weighted by atomic mass is 10.1. The molecule has 3 aromatic rings. The minimum absolute atomic E-state index is 0.152. The highest BCUT2D eigenvalue weighted by atomic mass is 35.5. The molecule has 0 atom stereocenters. The molecule has 8 heteroatoms. The monoisotopic (exact) mass is 435 g/mol. The molecule has 0 aliphatic carbocycles. The van der Waals surface area contributed by atoms with E-state index in [9.17, 15) is 19.5 Å². The van der Waals surface area contributed by atoms with Crippen molar-refractivity contribution in [1.29, 1.82) is 0 Å². The van der Waals surface area contributed by atoms with Crippen LogP contribution in [0.2, 0.25) is 5.02 Å². The quantitative estimate of drug-likeness (QED) is 0.478. The van der Waals surface area contributed by atoms with Gasteiger partial charge in [-0.2, -0.15) is 0 Å². The lowest BCUT2D eigenvalue weighted by molar-refractivity contribution is -0.122. The summed E-state index contributed by atoms with van der Waals surface area (Å²) in [5.74, 6) is -1.31. The number of carbonyl (C=O) groups is 3. The van der Waals surface area contributed by atoms with E-state index in [-0.39, 0.29) is 11.3 Å². The molecule has 31 heavy (non-hydrogen) atoms. The van der Waals surface area contributed by atoms with E-state index in [1.807, 2.05) is 24.5 Å². The number of nitrogens with one attached hydrogen (secondary N) is 1. The Morgan fingerprint density at radius 1 is 0.935 bits per heavy atom. The number of halogens is 1. The van der Waals surface area contributed by atoms with Gasteiger partial charge in [0.2, 0.25) is 0 Å². The number of phenolic OH excluding ortho intramolecular Hbond substituents is 1. The van der Waals surface area contributed by atoms with Crippen molar-refractivity contribution in [2.24, 2.45) is 0 Å². The van der Waals surface area contributed by atoms with Gasteiger partial charge in [-0.05, 0) is 80.1 Å². The summed E-state index contributed by atoms with van der Waals surface area (Å²) in [7, 11) is 0. The second-order valence-corrected chi connectivity index (χ2v) is 7.55. The Morgan fingerprint density at radius 2 is 1.55 bits per heavy atom. The molecule has 1 aliphatic rings. The van der Waals surface area contributed by atoms with Gasteiger partial charge in [0.1, 0.15) is 11.3 Å². The minimum atomic E-state index is -0.816. The first kappa shape index (κ1) is 20.4. The number of imide groups is 2. The number of nitrogens with zero attached hydrogens (tertiary/aromatic N) is 2. The van der Waals surface area contributed by atoms with Gasteiger partial charge in [0, 0.05) is 22.1 Å². The molecular weight excluding hydrogens is 418 g/mol. The first-order chi connectivity index (χ1) is 14.8. The van der Waals surface area contributed by atoms with Crippen LogP contribution in [0.4, 0.5) is 10.5 Å². The largest absolute Gasteiger partial charge is 0.508 e. The minimum Gasteiger partial charge on any atom is -0.508 e. The molecule has 0 saturated carbocycles. The van der Waals surface area contributed by atoms with Gasteiger partial charge < -0.3 is 9.67 Å². The third kappa shape index (κ3) is 3.71. The van der Waals surface area contributed by atoms with Gasteiger partial charge >= 0.3 is 6.03 Å². The van der Waals surface area contributed by atoms with Crippen molar-refractivity contribution < 1.29 is 19.5 Å². The fraction of sp³-hybridized carbons (Fsp3) is 0.0870. The fourth-order valence-electron chi connectivity index (χ4n) is 3.57. The van der Waals surface area contributed by atoms with E-state index in [4.69, 9.17) is 11.6 Å². The maximum absolute atomic E-state index is 13.1. The number of aryl methyl sites for hydroxylation is 1. The average Bonchev–Trinajstić information content (AvgIpc) is 3.00. The van der Waals surface area contributed by atoms with Crippen LogP contribution in [0.25, 0.3) is 11.8 Å².